The minimum atomic E-state index is -3.22. The van der Waals surface area contributed by atoms with Crippen molar-refractivity contribution in [3.63, 3.8) is 0 Å². The number of carbonyl (C=O) groups is 1. The van der Waals surface area contributed by atoms with E-state index in [4.69, 9.17) is 4.74 Å². The zero-order valence-corrected chi connectivity index (χ0v) is 12.9. The van der Waals surface area contributed by atoms with Gasteiger partial charge in [-0.2, -0.15) is 8.78 Å². The smallest absolute Gasteiger partial charge is 0.388 e. The Morgan fingerprint density at radius 1 is 1.40 bits per heavy atom. The Kier molecular flexibility index (Phi) is 4.47. The number of alkyl halides is 2. The van der Waals surface area contributed by atoms with Crippen LogP contribution in [0, 0.1) is 11.6 Å². The van der Waals surface area contributed by atoms with Crippen LogP contribution in [0.25, 0.3) is 0 Å². The van der Waals surface area contributed by atoms with Crippen molar-refractivity contribution in [1.29, 1.82) is 0 Å². The summed E-state index contributed by atoms with van der Waals surface area (Å²) in [5, 5.41) is 0. The molecule has 25 heavy (non-hydrogen) atoms. The van der Waals surface area contributed by atoms with E-state index in [-0.39, 0.29) is 12.4 Å². The van der Waals surface area contributed by atoms with Crippen LogP contribution in [0.15, 0.2) is 30.5 Å². The lowest BCUT2D eigenvalue weighted by atomic mass is 10.1. The fourth-order valence-corrected chi connectivity index (χ4v) is 2.60. The van der Waals surface area contributed by atoms with Crippen molar-refractivity contribution < 1.29 is 31.8 Å². The Hall–Kier alpha value is -2.84. The van der Waals surface area contributed by atoms with Crippen LogP contribution < -0.4 is 9.47 Å². The van der Waals surface area contributed by atoms with Crippen LogP contribution in [-0.4, -0.2) is 36.1 Å². The van der Waals surface area contributed by atoms with Crippen LogP contribution in [0.3, 0.4) is 0 Å². The highest BCUT2D eigenvalue weighted by Crippen LogP contribution is 2.38. The molecule has 0 saturated heterocycles. The molecular formula is C16H12F4N2O3. The maximum atomic E-state index is 13.7. The number of amides is 1. The van der Waals surface area contributed by atoms with Crippen LogP contribution in [0.4, 0.5) is 17.6 Å². The molecule has 2 aromatic rings. The molecule has 0 aliphatic carbocycles. The van der Waals surface area contributed by atoms with Gasteiger partial charge in [0.15, 0.2) is 11.6 Å². The lowest BCUT2D eigenvalue weighted by Crippen LogP contribution is -2.32. The molecule has 3 rings (SSSR count). The van der Waals surface area contributed by atoms with Gasteiger partial charge in [-0.05, 0) is 12.1 Å². The van der Waals surface area contributed by atoms with Crippen molar-refractivity contribution in [1.82, 2.24) is 9.88 Å². The van der Waals surface area contributed by atoms with Gasteiger partial charge < -0.3 is 14.4 Å². The van der Waals surface area contributed by atoms with E-state index in [1.165, 1.54) is 19.2 Å². The summed E-state index contributed by atoms with van der Waals surface area (Å²) in [4.78, 5) is 17.2. The molecule has 0 N–H and O–H groups in total. The molecule has 1 atom stereocenters. The van der Waals surface area contributed by atoms with Gasteiger partial charge in [0.2, 0.25) is 5.88 Å². The Labute approximate surface area is 139 Å². The van der Waals surface area contributed by atoms with E-state index in [9.17, 15) is 22.4 Å². The van der Waals surface area contributed by atoms with Crippen LogP contribution in [0.1, 0.15) is 22.0 Å². The zero-order chi connectivity index (χ0) is 18.1. The standard InChI is InChI=1S/C16H12F4N2O3/c1-22(12-7-24-13-9(12)3-2-4-11(13)18)15(23)10-5-8(17)6-21-14(10)25-16(19)20/h2-6,12,16H,7H2,1H3. The average Bonchev–Trinajstić information content (AvgIpc) is 3.00. The fraction of sp³-hybridized carbons (Fsp3) is 0.250. The summed E-state index contributed by atoms with van der Waals surface area (Å²) >= 11 is 0. The third kappa shape index (κ3) is 3.21. The number of hydrogen-bond donors (Lipinski definition) is 0. The molecule has 1 amide bonds. The van der Waals surface area contributed by atoms with E-state index in [1.807, 2.05) is 0 Å². The Balaban J connectivity index is 1.92. The number of halogens is 4. The minimum absolute atomic E-state index is 0.0215. The molecule has 5 nitrogen and oxygen atoms in total. The second-order valence-corrected chi connectivity index (χ2v) is 5.29. The first-order chi connectivity index (χ1) is 11.9. The number of aromatic nitrogens is 1. The van der Waals surface area contributed by atoms with E-state index in [0.29, 0.717) is 11.8 Å². The SMILES string of the molecule is CN(C(=O)c1cc(F)cnc1OC(F)F)C1COc2c(F)cccc21. The number of para-hydroxylation sites is 1. The maximum absolute atomic E-state index is 13.7. The Morgan fingerprint density at radius 2 is 2.16 bits per heavy atom. The zero-order valence-electron chi connectivity index (χ0n) is 12.9. The highest BCUT2D eigenvalue weighted by molar-refractivity contribution is 5.96. The van der Waals surface area contributed by atoms with Crippen molar-refractivity contribution in [2.45, 2.75) is 12.7 Å². The van der Waals surface area contributed by atoms with Gasteiger partial charge in [0, 0.05) is 12.6 Å². The third-order valence-electron chi connectivity index (χ3n) is 3.78. The molecule has 9 heteroatoms. The Bertz CT molecular complexity index is 816. The summed E-state index contributed by atoms with van der Waals surface area (Å²) in [7, 11) is 1.37. The van der Waals surface area contributed by atoms with Gasteiger partial charge in [-0.15, -0.1) is 0 Å². The number of pyridine rings is 1. The number of carbonyl (C=O) groups excluding carboxylic acids is 1. The summed E-state index contributed by atoms with van der Waals surface area (Å²) in [5.41, 5.74) is -0.0378. The Morgan fingerprint density at radius 3 is 2.88 bits per heavy atom. The molecule has 1 aromatic heterocycles. The lowest BCUT2D eigenvalue weighted by Gasteiger charge is -2.24. The quantitative estimate of drug-likeness (QED) is 0.790. The number of ether oxygens (including phenoxy) is 2. The lowest BCUT2D eigenvalue weighted by molar-refractivity contribution is -0.0534. The number of rotatable bonds is 4. The predicted molar refractivity (Wildman–Crippen MR) is 77.6 cm³/mol. The van der Waals surface area contributed by atoms with E-state index in [2.05, 4.69) is 9.72 Å². The molecule has 1 aromatic carbocycles. The largest absolute Gasteiger partial charge is 0.488 e. The van der Waals surface area contributed by atoms with Crippen LogP contribution in [0.2, 0.25) is 0 Å². The number of likely N-dealkylation sites (N-methyl/N-ethyl adjacent to an activating group) is 1. The summed E-state index contributed by atoms with van der Waals surface area (Å²) in [6, 6.07) is 4.35. The molecule has 0 radical (unpaired) electrons. The number of hydrogen-bond acceptors (Lipinski definition) is 4. The highest BCUT2D eigenvalue weighted by atomic mass is 19.3. The van der Waals surface area contributed by atoms with Gasteiger partial charge in [0.25, 0.3) is 5.91 Å². The van der Waals surface area contributed by atoms with Gasteiger partial charge in [0.05, 0.1) is 12.2 Å². The van der Waals surface area contributed by atoms with E-state index in [0.717, 1.165) is 11.0 Å². The molecule has 1 aliphatic rings. The molecule has 1 aliphatic heterocycles. The summed E-state index contributed by atoms with van der Waals surface area (Å²) in [6.45, 7) is -3.24. The first-order valence-electron chi connectivity index (χ1n) is 7.17. The monoisotopic (exact) mass is 356 g/mol. The molecule has 0 fully saturated rings. The van der Waals surface area contributed by atoms with Crippen molar-refractivity contribution in [3.05, 3.63) is 53.2 Å². The minimum Gasteiger partial charge on any atom is -0.488 e. The fourth-order valence-electron chi connectivity index (χ4n) is 2.60. The highest BCUT2D eigenvalue weighted by Gasteiger charge is 2.34. The number of nitrogens with zero attached hydrogens (tertiary/aromatic N) is 2. The van der Waals surface area contributed by atoms with Crippen LogP contribution in [-0.2, 0) is 0 Å². The third-order valence-corrected chi connectivity index (χ3v) is 3.78. The number of benzene rings is 1. The summed E-state index contributed by atoms with van der Waals surface area (Å²) < 4.78 is 61.5. The first-order valence-corrected chi connectivity index (χ1v) is 7.17. The van der Waals surface area contributed by atoms with Gasteiger partial charge in [-0.25, -0.2) is 13.8 Å². The summed E-state index contributed by atoms with van der Waals surface area (Å²) in [5.74, 6) is -2.93. The maximum Gasteiger partial charge on any atom is 0.388 e. The number of fused-ring (bicyclic) bond motifs is 1. The van der Waals surface area contributed by atoms with Crippen LogP contribution in [0.5, 0.6) is 11.6 Å². The van der Waals surface area contributed by atoms with Crippen molar-refractivity contribution in [2.24, 2.45) is 0 Å². The van der Waals surface area contributed by atoms with Crippen molar-refractivity contribution >= 4 is 5.91 Å². The van der Waals surface area contributed by atoms with Crippen molar-refractivity contribution in [3.8, 4) is 11.6 Å². The van der Waals surface area contributed by atoms with Crippen molar-refractivity contribution in [2.75, 3.05) is 13.7 Å². The first kappa shape index (κ1) is 17.0. The predicted octanol–water partition coefficient (Wildman–Crippen LogP) is 3.17. The normalized spacial score (nSPS) is 15.7. The molecule has 2 heterocycles. The molecule has 1 unspecified atom stereocenters. The topological polar surface area (TPSA) is 51.7 Å². The van der Waals surface area contributed by atoms with Crippen LogP contribution >= 0.6 is 0 Å². The molecule has 0 spiro atoms. The molecule has 0 saturated carbocycles. The molecular weight excluding hydrogens is 344 g/mol. The van der Waals surface area contributed by atoms with E-state index in [1.54, 1.807) is 6.07 Å². The molecule has 0 bridgehead atoms. The summed E-state index contributed by atoms with van der Waals surface area (Å²) in [6.07, 6.45) is 0.665. The average molecular weight is 356 g/mol. The van der Waals surface area contributed by atoms with E-state index >= 15 is 0 Å². The van der Waals surface area contributed by atoms with Gasteiger partial charge in [-0.1, -0.05) is 12.1 Å². The second-order valence-electron chi connectivity index (χ2n) is 5.29. The van der Waals surface area contributed by atoms with E-state index < -0.39 is 41.6 Å². The molecule has 132 valence electrons. The van der Waals surface area contributed by atoms with Gasteiger partial charge in [-0.3, -0.25) is 4.79 Å². The second kappa shape index (κ2) is 6.58. The van der Waals surface area contributed by atoms with Gasteiger partial charge in [0.1, 0.15) is 18.0 Å². The van der Waals surface area contributed by atoms with Gasteiger partial charge >= 0.3 is 6.61 Å².